The van der Waals surface area contributed by atoms with Crippen molar-refractivity contribution in [3.63, 3.8) is 0 Å². The van der Waals surface area contributed by atoms with Gasteiger partial charge in [0.25, 0.3) is 0 Å². The summed E-state index contributed by atoms with van der Waals surface area (Å²) < 4.78 is 0. The molecule has 0 fully saturated rings. The van der Waals surface area contributed by atoms with E-state index in [1.54, 1.807) is 0 Å². The molecule has 1 N–H and O–H groups in total. The third kappa shape index (κ3) is 1.47. The summed E-state index contributed by atoms with van der Waals surface area (Å²) in [6.07, 6.45) is 5.41. The minimum Gasteiger partial charge on any atom is -0.341 e. The second-order valence-corrected chi connectivity index (χ2v) is 4.29. The molecular weight excluding hydrogens is 196 g/mol. The summed E-state index contributed by atoms with van der Waals surface area (Å²) in [6.45, 7) is 2.23. The number of nitrogens with one attached hydrogen (secondary N) is 1. The van der Waals surface area contributed by atoms with Crippen molar-refractivity contribution in [1.82, 2.24) is 9.97 Å². The van der Waals surface area contributed by atoms with E-state index in [9.17, 15) is 0 Å². The summed E-state index contributed by atoms with van der Waals surface area (Å²) in [5.74, 6) is 1.52. The molecule has 80 valence electrons. The van der Waals surface area contributed by atoms with Gasteiger partial charge in [0.15, 0.2) is 0 Å². The van der Waals surface area contributed by atoms with Crippen LogP contribution in [0, 0.1) is 0 Å². The van der Waals surface area contributed by atoms with Crippen molar-refractivity contribution in [3.05, 3.63) is 47.8 Å². The summed E-state index contributed by atoms with van der Waals surface area (Å²) >= 11 is 0. The third-order valence-electron chi connectivity index (χ3n) is 3.07. The Morgan fingerprint density at radius 3 is 2.81 bits per heavy atom. The maximum atomic E-state index is 4.63. The van der Waals surface area contributed by atoms with Crippen molar-refractivity contribution in [3.8, 4) is 11.4 Å². The molecule has 0 bridgehead atoms. The van der Waals surface area contributed by atoms with Crippen LogP contribution >= 0.6 is 0 Å². The van der Waals surface area contributed by atoms with Crippen LogP contribution in [0.25, 0.3) is 17.5 Å². The molecule has 1 unspecified atom stereocenters. The molecule has 2 nitrogen and oxygen atoms in total. The first-order chi connectivity index (χ1) is 7.84. The maximum Gasteiger partial charge on any atom is 0.138 e. The molecule has 0 radical (unpaired) electrons. The molecule has 1 aromatic heterocycles. The van der Waals surface area contributed by atoms with Gasteiger partial charge in [0.1, 0.15) is 5.82 Å². The maximum absolute atomic E-state index is 4.63. The Kier molecular flexibility index (Phi) is 2.13. The van der Waals surface area contributed by atoms with Crippen molar-refractivity contribution >= 4 is 6.08 Å². The van der Waals surface area contributed by atoms with Crippen LogP contribution in [-0.4, -0.2) is 9.97 Å². The lowest BCUT2D eigenvalue weighted by atomic mass is 9.97. The second-order valence-electron chi connectivity index (χ2n) is 4.29. The topological polar surface area (TPSA) is 28.7 Å². The van der Waals surface area contributed by atoms with Crippen LogP contribution < -0.4 is 0 Å². The minimum atomic E-state index is 0.546. The van der Waals surface area contributed by atoms with Gasteiger partial charge in [0.05, 0.1) is 5.69 Å². The van der Waals surface area contributed by atoms with Gasteiger partial charge in [0.2, 0.25) is 0 Å². The van der Waals surface area contributed by atoms with Crippen molar-refractivity contribution in [2.75, 3.05) is 0 Å². The Labute approximate surface area is 95.0 Å². The van der Waals surface area contributed by atoms with Crippen molar-refractivity contribution in [2.45, 2.75) is 19.3 Å². The number of imidazole rings is 1. The van der Waals surface area contributed by atoms with Gasteiger partial charge in [-0.1, -0.05) is 43.3 Å². The number of benzene rings is 1. The Morgan fingerprint density at radius 2 is 2.06 bits per heavy atom. The first-order valence-corrected chi connectivity index (χ1v) is 5.66. The summed E-state index contributed by atoms with van der Waals surface area (Å²) in [5.41, 5.74) is 3.51. The van der Waals surface area contributed by atoms with Gasteiger partial charge in [-0.15, -0.1) is 0 Å². The highest BCUT2D eigenvalue weighted by Gasteiger charge is 2.17. The van der Waals surface area contributed by atoms with E-state index in [1.165, 1.54) is 5.69 Å². The van der Waals surface area contributed by atoms with Gasteiger partial charge in [-0.2, -0.15) is 0 Å². The lowest BCUT2D eigenvalue weighted by Gasteiger charge is -2.11. The van der Waals surface area contributed by atoms with Crippen LogP contribution in [0.2, 0.25) is 0 Å². The molecule has 0 spiro atoms. The molecule has 3 rings (SSSR count). The summed E-state index contributed by atoms with van der Waals surface area (Å²) in [7, 11) is 0. The number of allylic oxidation sites excluding steroid dienone is 1. The molecule has 1 aliphatic rings. The zero-order valence-electron chi connectivity index (χ0n) is 9.27. The van der Waals surface area contributed by atoms with Gasteiger partial charge in [-0.25, -0.2) is 4.98 Å². The molecule has 1 atom stereocenters. The Bertz CT molecular complexity index is 523. The number of fused-ring (bicyclic) bond motifs is 1. The van der Waals surface area contributed by atoms with Crippen LogP contribution in [0.1, 0.15) is 30.7 Å². The van der Waals surface area contributed by atoms with E-state index in [2.05, 4.69) is 41.2 Å². The predicted molar refractivity (Wildman–Crippen MR) is 66.1 cm³/mol. The van der Waals surface area contributed by atoms with Gasteiger partial charge < -0.3 is 4.98 Å². The van der Waals surface area contributed by atoms with E-state index in [0.717, 1.165) is 23.5 Å². The predicted octanol–water partition coefficient (Wildman–Crippen LogP) is 3.60. The average molecular weight is 210 g/mol. The quantitative estimate of drug-likeness (QED) is 0.765. The Balaban J connectivity index is 2.09. The molecule has 2 aromatic rings. The number of hydrogen-bond acceptors (Lipinski definition) is 1. The van der Waals surface area contributed by atoms with E-state index < -0.39 is 0 Å². The Hall–Kier alpha value is -1.83. The summed E-state index contributed by atoms with van der Waals surface area (Å²) in [5, 5.41) is 0. The van der Waals surface area contributed by atoms with Gasteiger partial charge in [-0.05, 0) is 12.5 Å². The van der Waals surface area contributed by atoms with Gasteiger partial charge in [0, 0.05) is 17.2 Å². The van der Waals surface area contributed by atoms with Gasteiger partial charge >= 0.3 is 0 Å². The van der Waals surface area contributed by atoms with E-state index >= 15 is 0 Å². The highest BCUT2D eigenvalue weighted by atomic mass is 14.9. The molecule has 1 aliphatic carbocycles. The standard InChI is InChI=1S/C14H14N2/c1-10-6-5-9-12-13(10)16-14(15-12)11-7-3-2-4-8-11/h2-5,7-10H,6H2,1H3,(H,15,16). The lowest BCUT2D eigenvalue weighted by Crippen LogP contribution is -1.98. The van der Waals surface area contributed by atoms with Gasteiger partial charge in [-0.3, -0.25) is 0 Å². The molecule has 0 amide bonds. The van der Waals surface area contributed by atoms with Crippen LogP contribution in [0.15, 0.2) is 36.4 Å². The SMILES string of the molecule is CC1CC=Cc2nc(-c3ccccc3)[nH]c21. The fourth-order valence-electron chi connectivity index (χ4n) is 2.14. The van der Waals surface area contributed by atoms with Crippen LogP contribution in [-0.2, 0) is 0 Å². The highest BCUT2D eigenvalue weighted by molar-refractivity contribution is 5.61. The lowest BCUT2D eigenvalue weighted by molar-refractivity contribution is 0.747. The largest absolute Gasteiger partial charge is 0.341 e. The molecular formula is C14H14N2. The Morgan fingerprint density at radius 1 is 1.25 bits per heavy atom. The van der Waals surface area contributed by atoms with E-state index in [-0.39, 0.29) is 0 Å². The summed E-state index contributed by atoms with van der Waals surface area (Å²) in [4.78, 5) is 8.07. The van der Waals surface area contributed by atoms with Crippen molar-refractivity contribution < 1.29 is 0 Å². The van der Waals surface area contributed by atoms with Crippen molar-refractivity contribution in [2.24, 2.45) is 0 Å². The third-order valence-corrected chi connectivity index (χ3v) is 3.07. The monoisotopic (exact) mass is 210 g/mol. The molecule has 1 heterocycles. The molecule has 16 heavy (non-hydrogen) atoms. The van der Waals surface area contributed by atoms with E-state index in [1.807, 2.05) is 18.2 Å². The zero-order valence-corrected chi connectivity index (χ0v) is 9.27. The molecule has 0 saturated heterocycles. The first-order valence-electron chi connectivity index (χ1n) is 5.66. The molecule has 0 saturated carbocycles. The molecule has 0 aliphatic heterocycles. The zero-order chi connectivity index (χ0) is 11.0. The number of hydrogen-bond donors (Lipinski definition) is 1. The van der Waals surface area contributed by atoms with E-state index in [4.69, 9.17) is 0 Å². The van der Waals surface area contributed by atoms with Crippen molar-refractivity contribution in [1.29, 1.82) is 0 Å². The molecule has 2 heteroatoms. The summed E-state index contributed by atoms with van der Waals surface area (Å²) in [6, 6.07) is 10.3. The van der Waals surface area contributed by atoms with Crippen LogP contribution in [0.3, 0.4) is 0 Å². The fourth-order valence-corrected chi connectivity index (χ4v) is 2.14. The fraction of sp³-hybridized carbons (Fsp3) is 0.214. The number of aromatic amines is 1. The average Bonchev–Trinajstić information content (AvgIpc) is 2.76. The van der Waals surface area contributed by atoms with Crippen LogP contribution in [0.4, 0.5) is 0 Å². The highest BCUT2D eigenvalue weighted by Crippen LogP contribution is 2.29. The van der Waals surface area contributed by atoms with E-state index in [0.29, 0.717) is 5.92 Å². The number of H-pyrrole nitrogens is 1. The normalized spacial score (nSPS) is 18.4. The molecule has 1 aromatic carbocycles. The minimum absolute atomic E-state index is 0.546. The number of nitrogens with zero attached hydrogens (tertiary/aromatic N) is 1. The smallest absolute Gasteiger partial charge is 0.138 e. The number of rotatable bonds is 1. The second kappa shape index (κ2) is 3.63. The van der Waals surface area contributed by atoms with Crippen LogP contribution in [0.5, 0.6) is 0 Å². The first kappa shape index (κ1) is 9.40. The number of aromatic nitrogens is 2.